The van der Waals surface area contributed by atoms with Crippen molar-refractivity contribution in [3.63, 3.8) is 0 Å². The Morgan fingerprint density at radius 2 is 1.88 bits per heavy atom. The average Bonchev–Trinajstić information content (AvgIpc) is 3.21. The van der Waals surface area contributed by atoms with E-state index in [2.05, 4.69) is 17.5 Å². The van der Waals surface area contributed by atoms with Gasteiger partial charge in [-0.15, -0.1) is 0 Å². The summed E-state index contributed by atoms with van der Waals surface area (Å²) in [6, 6.07) is 9.56. The number of amides is 1. The molecular weight excluding hydrogens is 318 g/mol. The minimum atomic E-state index is -0.417. The van der Waals surface area contributed by atoms with Gasteiger partial charge in [0.1, 0.15) is 6.61 Å². The summed E-state index contributed by atoms with van der Waals surface area (Å²) in [4.78, 5) is 23.8. The number of hydrogen-bond donors (Lipinski definition) is 1. The van der Waals surface area contributed by atoms with Gasteiger partial charge in [0.15, 0.2) is 0 Å². The molecule has 1 amide bonds. The lowest BCUT2D eigenvalue weighted by molar-refractivity contribution is -0.145. The van der Waals surface area contributed by atoms with Crippen LogP contribution < -0.4 is 5.32 Å². The Kier molecular flexibility index (Phi) is 5.74. The van der Waals surface area contributed by atoms with E-state index in [1.807, 2.05) is 37.3 Å². The molecule has 5 nitrogen and oxygen atoms in total. The van der Waals surface area contributed by atoms with Gasteiger partial charge in [-0.1, -0.05) is 49.4 Å². The second kappa shape index (κ2) is 8.19. The fourth-order valence-electron chi connectivity index (χ4n) is 3.73. The molecule has 5 heteroatoms. The molecule has 0 spiro atoms. The van der Waals surface area contributed by atoms with Crippen LogP contribution in [0, 0.1) is 17.8 Å². The van der Waals surface area contributed by atoms with Gasteiger partial charge >= 0.3 is 12.1 Å². The molecule has 0 saturated heterocycles. The number of alkyl carbamates (subject to hydrolysis) is 1. The lowest BCUT2D eigenvalue weighted by atomic mass is 9.89. The van der Waals surface area contributed by atoms with E-state index in [9.17, 15) is 9.59 Å². The summed E-state index contributed by atoms with van der Waals surface area (Å²) in [6.07, 6.45) is 6.13. The molecule has 2 aliphatic carbocycles. The van der Waals surface area contributed by atoms with Crippen LogP contribution in [0.5, 0.6) is 0 Å². The third-order valence-electron chi connectivity index (χ3n) is 5.01. The number of benzene rings is 1. The smallest absolute Gasteiger partial charge is 0.407 e. The van der Waals surface area contributed by atoms with Gasteiger partial charge < -0.3 is 14.8 Å². The second-order valence-electron chi connectivity index (χ2n) is 6.78. The van der Waals surface area contributed by atoms with Crippen molar-refractivity contribution in [3.8, 4) is 0 Å². The van der Waals surface area contributed by atoms with Gasteiger partial charge in [-0.2, -0.15) is 0 Å². The normalized spacial score (nSPS) is 26.4. The molecule has 0 radical (unpaired) electrons. The molecule has 25 heavy (non-hydrogen) atoms. The maximum absolute atomic E-state index is 12.2. The summed E-state index contributed by atoms with van der Waals surface area (Å²) in [6.45, 7) is 2.56. The molecule has 1 fully saturated rings. The van der Waals surface area contributed by atoms with Crippen LogP contribution in [-0.4, -0.2) is 24.7 Å². The zero-order chi connectivity index (χ0) is 17.6. The lowest BCUT2D eigenvalue weighted by Gasteiger charge is -2.28. The Bertz CT molecular complexity index is 628. The van der Waals surface area contributed by atoms with Crippen molar-refractivity contribution in [2.45, 2.75) is 38.8 Å². The van der Waals surface area contributed by atoms with E-state index in [0.717, 1.165) is 18.4 Å². The molecule has 2 bridgehead atoms. The van der Waals surface area contributed by atoms with Gasteiger partial charge in [0, 0.05) is 18.4 Å². The quantitative estimate of drug-likeness (QED) is 0.608. The van der Waals surface area contributed by atoms with Crippen LogP contribution in [0.4, 0.5) is 4.79 Å². The third kappa shape index (κ3) is 4.41. The van der Waals surface area contributed by atoms with Crippen LogP contribution in [0.3, 0.4) is 0 Å². The average molecular weight is 343 g/mol. The summed E-state index contributed by atoms with van der Waals surface area (Å²) in [7, 11) is 0. The molecule has 0 unspecified atom stereocenters. The predicted molar refractivity (Wildman–Crippen MR) is 93.6 cm³/mol. The number of esters is 1. The van der Waals surface area contributed by atoms with Crippen molar-refractivity contribution in [1.82, 2.24) is 5.32 Å². The van der Waals surface area contributed by atoms with Crippen molar-refractivity contribution < 1.29 is 19.1 Å². The highest BCUT2D eigenvalue weighted by Crippen LogP contribution is 2.43. The summed E-state index contributed by atoms with van der Waals surface area (Å²) in [5.74, 6) is 0.614. The summed E-state index contributed by atoms with van der Waals surface area (Å²) >= 11 is 0. The maximum Gasteiger partial charge on any atom is 0.407 e. The number of carbonyl (C=O) groups is 2. The number of rotatable bonds is 7. The lowest BCUT2D eigenvalue weighted by Crippen LogP contribution is -2.44. The summed E-state index contributed by atoms with van der Waals surface area (Å²) in [5, 5.41) is 2.98. The summed E-state index contributed by atoms with van der Waals surface area (Å²) < 4.78 is 10.7. The first kappa shape index (κ1) is 17.5. The molecule has 134 valence electrons. The fraction of sp³-hybridized carbons (Fsp3) is 0.500. The van der Waals surface area contributed by atoms with E-state index in [0.29, 0.717) is 24.9 Å². The molecule has 0 aliphatic heterocycles. The molecular formula is C20H25NO4. The van der Waals surface area contributed by atoms with E-state index in [1.165, 1.54) is 0 Å². The van der Waals surface area contributed by atoms with E-state index in [-0.39, 0.29) is 24.5 Å². The Hall–Kier alpha value is -2.30. The van der Waals surface area contributed by atoms with E-state index >= 15 is 0 Å². The van der Waals surface area contributed by atoms with Crippen LogP contribution in [0.25, 0.3) is 0 Å². The van der Waals surface area contributed by atoms with Crippen LogP contribution >= 0.6 is 0 Å². The van der Waals surface area contributed by atoms with Gasteiger partial charge in [0.2, 0.25) is 0 Å². The third-order valence-corrected chi connectivity index (χ3v) is 5.01. The fourth-order valence-corrected chi connectivity index (χ4v) is 3.73. The van der Waals surface area contributed by atoms with E-state index in [1.54, 1.807) is 0 Å². The predicted octanol–water partition coefficient (Wildman–Crippen LogP) is 3.45. The standard InChI is InChI=1S/C20H25NO4/c1-2-6-18(22)24-13-17-15-9-10-16(11-15)19(17)21-20(23)25-12-14-7-4-3-5-8-14/h3-5,7-10,15-17,19H,2,6,11-13H2,1H3,(H,21,23)/t15-,16+,17-,19+/m1/s1. The van der Waals surface area contributed by atoms with Crippen molar-refractivity contribution in [1.29, 1.82) is 0 Å². The summed E-state index contributed by atoms with van der Waals surface area (Å²) in [5.41, 5.74) is 0.954. The topological polar surface area (TPSA) is 64.6 Å². The van der Waals surface area contributed by atoms with Crippen LogP contribution in [0.1, 0.15) is 31.7 Å². The Morgan fingerprint density at radius 1 is 1.12 bits per heavy atom. The van der Waals surface area contributed by atoms with Gasteiger partial charge in [-0.25, -0.2) is 4.79 Å². The maximum atomic E-state index is 12.2. The molecule has 1 N–H and O–H groups in total. The molecule has 1 saturated carbocycles. The minimum absolute atomic E-state index is 0.0345. The number of carbonyl (C=O) groups excluding carboxylic acids is 2. The molecule has 0 heterocycles. The molecule has 0 aromatic heterocycles. The first-order valence-electron chi connectivity index (χ1n) is 8.98. The van der Waals surface area contributed by atoms with Crippen LogP contribution in [-0.2, 0) is 20.9 Å². The van der Waals surface area contributed by atoms with Crippen molar-refractivity contribution in [3.05, 3.63) is 48.0 Å². The highest BCUT2D eigenvalue weighted by molar-refractivity contribution is 5.69. The zero-order valence-corrected chi connectivity index (χ0v) is 14.5. The Labute approximate surface area is 148 Å². The minimum Gasteiger partial charge on any atom is -0.465 e. The number of allylic oxidation sites excluding steroid dienone is 1. The highest BCUT2D eigenvalue weighted by Gasteiger charge is 2.45. The SMILES string of the molecule is CCCC(=O)OC[C@H]1[C@@H](NC(=O)OCc2ccccc2)[C@H]2C=C[C@@H]1C2. The first-order valence-corrected chi connectivity index (χ1v) is 8.98. The van der Waals surface area contributed by atoms with Crippen LogP contribution in [0.15, 0.2) is 42.5 Å². The zero-order valence-electron chi connectivity index (χ0n) is 14.5. The molecule has 4 atom stereocenters. The number of nitrogens with one attached hydrogen (secondary N) is 1. The van der Waals surface area contributed by atoms with Gasteiger partial charge in [0.25, 0.3) is 0 Å². The van der Waals surface area contributed by atoms with Crippen molar-refractivity contribution in [2.75, 3.05) is 6.61 Å². The Morgan fingerprint density at radius 3 is 2.64 bits per heavy atom. The van der Waals surface area contributed by atoms with Crippen LogP contribution in [0.2, 0.25) is 0 Å². The monoisotopic (exact) mass is 343 g/mol. The van der Waals surface area contributed by atoms with Gasteiger partial charge in [-0.05, 0) is 30.2 Å². The molecule has 1 aromatic carbocycles. The largest absolute Gasteiger partial charge is 0.465 e. The molecule has 2 aliphatic rings. The number of hydrogen-bond acceptors (Lipinski definition) is 4. The van der Waals surface area contributed by atoms with Gasteiger partial charge in [-0.3, -0.25) is 4.79 Å². The van der Waals surface area contributed by atoms with Crippen molar-refractivity contribution in [2.24, 2.45) is 17.8 Å². The molecule has 1 aromatic rings. The van der Waals surface area contributed by atoms with Gasteiger partial charge in [0.05, 0.1) is 6.61 Å². The highest BCUT2D eigenvalue weighted by atomic mass is 16.5. The first-order chi connectivity index (χ1) is 12.2. The van der Waals surface area contributed by atoms with Crippen molar-refractivity contribution >= 4 is 12.1 Å². The Balaban J connectivity index is 1.51. The number of ether oxygens (including phenoxy) is 2. The van der Waals surface area contributed by atoms with E-state index in [4.69, 9.17) is 9.47 Å². The molecule has 3 rings (SSSR count). The second-order valence-corrected chi connectivity index (χ2v) is 6.78. The number of fused-ring (bicyclic) bond motifs is 2. The van der Waals surface area contributed by atoms with E-state index < -0.39 is 6.09 Å².